The van der Waals surface area contributed by atoms with Crippen molar-refractivity contribution in [3.63, 3.8) is 0 Å². The zero-order chi connectivity index (χ0) is 13.0. The molecule has 4 heteroatoms. The molecule has 4 nitrogen and oxygen atoms in total. The molecule has 1 fully saturated rings. The molecule has 0 radical (unpaired) electrons. The standard InChI is InChI=1S/C14H18O4/c1-10-5-3-6-11(14(15)16-2)12(10)9-13-17-7-4-8-18-13/h3,5-6,13H,4,7-9H2,1-2H3. The minimum Gasteiger partial charge on any atom is -0.465 e. The van der Waals surface area contributed by atoms with E-state index in [1.165, 1.54) is 7.11 Å². The number of carbonyl (C=O) groups excluding carboxylic acids is 1. The molecule has 0 N–H and O–H groups in total. The second kappa shape index (κ2) is 5.98. The molecule has 1 aliphatic rings. The molecule has 1 aromatic rings. The minimum absolute atomic E-state index is 0.261. The van der Waals surface area contributed by atoms with Crippen molar-refractivity contribution in [2.24, 2.45) is 0 Å². The summed E-state index contributed by atoms with van der Waals surface area (Å²) < 4.78 is 15.9. The first kappa shape index (κ1) is 13.1. The number of hydrogen-bond donors (Lipinski definition) is 0. The van der Waals surface area contributed by atoms with Gasteiger partial charge in [-0.15, -0.1) is 0 Å². The normalized spacial score (nSPS) is 16.6. The van der Waals surface area contributed by atoms with E-state index in [4.69, 9.17) is 14.2 Å². The van der Waals surface area contributed by atoms with E-state index in [-0.39, 0.29) is 12.3 Å². The van der Waals surface area contributed by atoms with Crippen molar-refractivity contribution in [2.45, 2.75) is 26.1 Å². The number of aryl methyl sites for hydroxylation is 1. The summed E-state index contributed by atoms with van der Waals surface area (Å²) in [6.07, 6.45) is 1.24. The maximum Gasteiger partial charge on any atom is 0.338 e. The summed E-state index contributed by atoms with van der Waals surface area (Å²) in [5.74, 6) is -0.315. The first-order valence-corrected chi connectivity index (χ1v) is 6.12. The van der Waals surface area contributed by atoms with Gasteiger partial charge in [0.05, 0.1) is 25.9 Å². The summed E-state index contributed by atoms with van der Waals surface area (Å²) >= 11 is 0. The molecule has 18 heavy (non-hydrogen) atoms. The van der Waals surface area contributed by atoms with Gasteiger partial charge in [-0.05, 0) is 30.5 Å². The van der Waals surface area contributed by atoms with Crippen molar-refractivity contribution in [3.8, 4) is 0 Å². The first-order valence-electron chi connectivity index (χ1n) is 6.12. The van der Waals surface area contributed by atoms with Crippen LogP contribution in [0.1, 0.15) is 27.9 Å². The molecule has 0 aromatic heterocycles. The van der Waals surface area contributed by atoms with Crippen molar-refractivity contribution in [3.05, 3.63) is 34.9 Å². The van der Waals surface area contributed by atoms with Crippen molar-refractivity contribution in [2.75, 3.05) is 20.3 Å². The molecule has 0 unspecified atom stereocenters. The second-order valence-electron chi connectivity index (χ2n) is 4.32. The molecule has 0 aliphatic carbocycles. The molecule has 0 saturated carbocycles. The van der Waals surface area contributed by atoms with E-state index in [0.717, 1.165) is 17.5 Å². The third-order valence-electron chi connectivity index (χ3n) is 3.08. The molecule has 1 aliphatic heterocycles. The van der Waals surface area contributed by atoms with Gasteiger partial charge < -0.3 is 14.2 Å². The second-order valence-corrected chi connectivity index (χ2v) is 4.32. The maximum absolute atomic E-state index is 11.7. The molecule has 98 valence electrons. The molecule has 1 saturated heterocycles. The zero-order valence-corrected chi connectivity index (χ0v) is 10.8. The molecule has 0 amide bonds. The Balaban J connectivity index is 2.21. The molecular formula is C14H18O4. The van der Waals surface area contributed by atoms with Gasteiger partial charge in [-0.25, -0.2) is 4.79 Å². The lowest BCUT2D eigenvalue weighted by Gasteiger charge is -2.24. The van der Waals surface area contributed by atoms with Gasteiger partial charge in [0.2, 0.25) is 0 Å². The van der Waals surface area contributed by atoms with Gasteiger partial charge in [-0.1, -0.05) is 12.1 Å². The lowest BCUT2D eigenvalue weighted by atomic mass is 9.98. The largest absolute Gasteiger partial charge is 0.465 e. The molecular weight excluding hydrogens is 232 g/mol. The smallest absolute Gasteiger partial charge is 0.338 e. The van der Waals surface area contributed by atoms with Crippen LogP contribution in [-0.2, 0) is 20.6 Å². The van der Waals surface area contributed by atoms with Crippen LogP contribution in [0.3, 0.4) is 0 Å². The van der Waals surface area contributed by atoms with Crippen LogP contribution in [0.25, 0.3) is 0 Å². The SMILES string of the molecule is COC(=O)c1cccc(C)c1CC1OCCCO1. The van der Waals surface area contributed by atoms with E-state index in [0.29, 0.717) is 25.2 Å². The van der Waals surface area contributed by atoms with E-state index in [9.17, 15) is 4.79 Å². The lowest BCUT2D eigenvalue weighted by molar-refractivity contribution is -0.177. The van der Waals surface area contributed by atoms with Crippen molar-refractivity contribution in [1.82, 2.24) is 0 Å². The van der Waals surface area contributed by atoms with Crippen LogP contribution in [0.5, 0.6) is 0 Å². The van der Waals surface area contributed by atoms with Gasteiger partial charge in [0.25, 0.3) is 0 Å². The van der Waals surface area contributed by atoms with Crippen LogP contribution < -0.4 is 0 Å². The van der Waals surface area contributed by atoms with Crippen molar-refractivity contribution >= 4 is 5.97 Å². The van der Waals surface area contributed by atoms with E-state index in [1.54, 1.807) is 6.07 Å². The highest BCUT2D eigenvalue weighted by Crippen LogP contribution is 2.20. The van der Waals surface area contributed by atoms with E-state index >= 15 is 0 Å². The fourth-order valence-electron chi connectivity index (χ4n) is 2.10. The Kier molecular flexibility index (Phi) is 4.33. The molecule has 2 rings (SSSR count). The number of hydrogen-bond acceptors (Lipinski definition) is 4. The van der Waals surface area contributed by atoms with Crippen LogP contribution in [0, 0.1) is 6.92 Å². The first-order chi connectivity index (χ1) is 8.72. The summed E-state index contributed by atoms with van der Waals surface area (Å²) in [4.78, 5) is 11.7. The number of ether oxygens (including phenoxy) is 3. The van der Waals surface area contributed by atoms with Crippen LogP contribution >= 0.6 is 0 Å². The Morgan fingerprint density at radius 2 is 2.11 bits per heavy atom. The fraction of sp³-hybridized carbons (Fsp3) is 0.500. The number of methoxy groups -OCH3 is 1. The molecule has 1 heterocycles. The Morgan fingerprint density at radius 3 is 2.78 bits per heavy atom. The molecule has 0 spiro atoms. The third-order valence-corrected chi connectivity index (χ3v) is 3.08. The zero-order valence-electron chi connectivity index (χ0n) is 10.8. The summed E-state index contributed by atoms with van der Waals surface area (Å²) in [6, 6.07) is 5.61. The predicted molar refractivity (Wildman–Crippen MR) is 66.5 cm³/mol. The van der Waals surface area contributed by atoms with Gasteiger partial charge in [-0.2, -0.15) is 0 Å². The van der Waals surface area contributed by atoms with Gasteiger partial charge in [0.15, 0.2) is 6.29 Å². The Hall–Kier alpha value is -1.39. The van der Waals surface area contributed by atoms with E-state index < -0.39 is 0 Å². The summed E-state index contributed by atoms with van der Waals surface area (Å²) in [5.41, 5.74) is 2.59. The summed E-state index contributed by atoms with van der Waals surface area (Å²) in [5, 5.41) is 0. The van der Waals surface area contributed by atoms with Crippen LogP contribution in [0.4, 0.5) is 0 Å². The minimum atomic E-state index is -0.315. The van der Waals surface area contributed by atoms with Crippen molar-refractivity contribution in [1.29, 1.82) is 0 Å². The predicted octanol–water partition coefficient (Wildman–Crippen LogP) is 2.09. The Labute approximate surface area is 107 Å². The van der Waals surface area contributed by atoms with Crippen LogP contribution in [0.15, 0.2) is 18.2 Å². The van der Waals surface area contributed by atoms with Crippen LogP contribution in [-0.4, -0.2) is 32.6 Å². The molecule has 0 atom stereocenters. The number of rotatable bonds is 3. The molecule has 1 aromatic carbocycles. The fourth-order valence-corrected chi connectivity index (χ4v) is 2.10. The quantitative estimate of drug-likeness (QED) is 0.770. The Morgan fingerprint density at radius 1 is 1.39 bits per heavy atom. The monoisotopic (exact) mass is 250 g/mol. The average Bonchev–Trinajstić information content (AvgIpc) is 2.41. The number of esters is 1. The van der Waals surface area contributed by atoms with Crippen molar-refractivity contribution < 1.29 is 19.0 Å². The summed E-state index contributed by atoms with van der Waals surface area (Å²) in [6.45, 7) is 3.40. The van der Waals surface area contributed by atoms with E-state index in [1.807, 2.05) is 19.1 Å². The maximum atomic E-state index is 11.7. The summed E-state index contributed by atoms with van der Waals surface area (Å²) in [7, 11) is 1.39. The topological polar surface area (TPSA) is 44.8 Å². The number of benzene rings is 1. The Bertz CT molecular complexity index is 422. The highest BCUT2D eigenvalue weighted by atomic mass is 16.7. The molecule has 0 bridgehead atoms. The van der Waals surface area contributed by atoms with E-state index in [2.05, 4.69) is 0 Å². The number of carbonyl (C=O) groups is 1. The third kappa shape index (κ3) is 2.89. The highest BCUT2D eigenvalue weighted by Gasteiger charge is 2.20. The van der Waals surface area contributed by atoms with Gasteiger partial charge >= 0.3 is 5.97 Å². The highest BCUT2D eigenvalue weighted by molar-refractivity contribution is 5.91. The van der Waals surface area contributed by atoms with Gasteiger partial charge in [0, 0.05) is 6.42 Å². The average molecular weight is 250 g/mol. The van der Waals surface area contributed by atoms with Crippen LogP contribution in [0.2, 0.25) is 0 Å². The van der Waals surface area contributed by atoms with Gasteiger partial charge in [-0.3, -0.25) is 0 Å². The lowest BCUT2D eigenvalue weighted by Crippen LogP contribution is -2.28. The van der Waals surface area contributed by atoms with Gasteiger partial charge in [0.1, 0.15) is 0 Å².